The molecule has 0 bridgehead atoms. The second-order valence-electron chi connectivity index (χ2n) is 2.37. The van der Waals surface area contributed by atoms with Gasteiger partial charge in [-0.05, 0) is 30.5 Å². The third kappa shape index (κ3) is 6.74. The zero-order valence-corrected chi connectivity index (χ0v) is 9.18. The molecule has 0 aliphatic carbocycles. The Hall–Kier alpha value is -0.740. The summed E-state index contributed by atoms with van der Waals surface area (Å²) in [5.41, 5.74) is 0. The van der Waals surface area contributed by atoms with Crippen LogP contribution in [0.1, 0.15) is 0 Å². The molecule has 0 saturated carbocycles. The second kappa shape index (κ2) is 8.84. The van der Waals surface area contributed by atoms with Gasteiger partial charge in [0.05, 0.1) is 13.7 Å². The maximum absolute atomic E-state index is 12.2. The van der Waals surface area contributed by atoms with E-state index in [9.17, 15) is 4.39 Å². The van der Waals surface area contributed by atoms with Gasteiger partial charge in [0.2, 0.25) is 0 Å². The first-order valence-electron chi connectivity index (χ1n) is 4.14. The Morgan fingerprint density at radius 1 is 1.36 bits per heavy atom. The molecule has 1 aromatic carbocycles. The summed E-state index contributed by atoms with van der Waals surface area (Å²) in [6, 6.07) is 5.88. The van der Waals surface area contributed by atoms with Gasteiger partial charge in [-0.1, -0.05) is 0 Å². The van der Waals surface area contributed by atoms with Gasteiger partial charge in [0, 0.05) is 5.75 Å². The fourth-order valence-electron chi connectivity index (χ4n) is 0.662. The van der Waals surface area contributed by atoms with E-state index in [4.69, 9.17) is 9.84 Å². The van der Waals surface area contributed by atoms with Gasteiger partial charge in [0.25, 0.3) is 0 Å². The second-order valence-corrected chi connectivity index (χ2v) is 3.36. The number of benzene rings is 1. The van der Waals surface area contributed by atoms with Crippen LogP contribution in [0.2, 0.25) is 0 Å². The molecule has 1 N–H and O–H groups in total. The van der Waals surface area contributed by atoms with Crippen molar-refractivity contribution in [1.29, 1.82) is 0 Å². The molecule has 0 unspecified atom stereocenters. The van der Waals surface area contributed by atoms with E-state index in [0.29, 0.717) is 12.4 Å². The van der Waals surface area contributed by atoms with E-state index >= 15 is 0 Å². The van der Waals surface area contributed by atoms with Gasteiger partial charge in [-0.2, -0.15) is 11.8 Å². The fraction of sp³-hybridized carbons (Fsp3) is 0.400. The van der Waals surface area contributed by atoms with Gasteiger partial charge in [-0.25, -0.2) is 4.39 Å². The summed E-state index contributed by atoms with van der Waals surface area (Å²) in [4.78, 5) is 0. The smallest absolute Gasteiger partial charge is 0.123 e. The summed E-state index contributed by atoms with van der Waals surface area (Å²) in [6.07, 6.45) is 1.97. The van der Waals surface area contributed by atoms with Crippen LogP contribution in [0.5, 0.6) is 5.75 Å². The summed E-state index contributed by atoms with van der Waals surface area (Å²) < 4.78 is 17.0. The predicted molar refractivity (Wildman–Crippen MR) is 58.4 cm³/mol. The standard InChI is InChI=1S/C7H7FO.C3H8OS/c1-9-7-4-2-6(8)3-5-7;1-5-3-2-4/h2-5H,1H3;4H,2-3H2,1H3. The van der Waals surface area contributed by atoms with Crippen molar-refractivity contribution in [2.75, 3.05) is 25.7 Å². The average molecular weight is 218 g/mol. The Bertz CT molecular complexity index is 224. The normalized spacial score (nSPS) is 8.86. The molecule has 14 heavy (non-hydrogen) atoms. The molecule has 1 rings (SSSR count). The maximum Gasteiger partial charge on any atom is 0.123 e. The molecular formula is C10H15FO2S. The van der Waals surface area contributed by atoms with Gasteiger partial charge >= 0.3 is 0 Å². The molecule has 0 aromatic heterocycles. The number of hydrogen-bond acceptors (Lipinski definition) is 3. The van der Waals surface area contributed by atoms with E-state index in [1.165, 1.54) is 12.1 Å². The topological polar surface area (TPSA) is 29.5 Å². The largest absolute Gasteiger partial charge is 0.497 e. The molecule has 0 fully saturated rings. The average Bonchev–Trinajstić information content (AvgIpc) is 2.21. The van der Waals surface area contributed by atoms with Crippen molar-refractivity contribution in [2.45, 2.75) is 0 Å². The van der Waals surface area contributed by atoms with Crippen molar-refractivity contribution < 1.29 is 14.2 Å². The minimum Gasteiger partial charge on any atom is -0.497 e. The molecule has 0 amide bonds. The van der Waals surface area contributed by atoms with Crippen LogP contribution in [0.4, 0.5) is 4.39 Å². The van der Waals surface area contributed by atoms with E-state index in [1.54, 1.807) is 31.0 Å². The van der Waals surface area contributed by atoms with Crippen LogP contribution in [0.25, 0.3) is 0 Å². The number of aliphatic hydroxyl groups is 1. The Balaban J connectivity index is 0.000000292. The molecule has 80 valence electrons. The summed E-state index contributed by atoms with van der Waals surface area (Å²) >= 11 is 1.65. The molecule has 4 heteroatoms. The highest BCUT2D eigenvalue weighted by atomic mass is 32.2. The molecule has 0 aliphatic heterocycles. The highest BCUT2D eigenvalue weighted by Gasteiger charge is 1.88. The van der Waals surface area contributed by atoms with Crippen molar-refractivity contribution in [3.8, 4) is 5.75 Å². The Labute approximate surface area is 88.1 Å². The van der Waals surface area contributed by atoms with E-state index in [1.807, 2.05) is 6.26 Å². The van der Waals surface area contributed by atoms with E-state index in [0.717, 1.165) is 5.75 Å². The lowest BCUT2D eigenvalue weighted by Crippen LogP contribution is -1.81. The number of rotatable bonds is 3. The molecule has 1 aromatic rings. The minimum absolute atomic E-state index is 0.240. The van der Waals surface area contributed by atoms with Crippen LogP contribution in [-0.2, 0) is 0 Å². The molecule has 0 saturated heterocycles. The lowest BCUT2D eigenvalue weighted by atomic mass is 10.3. The SMILES string of the molecule is COc1ccc(F)cc1.CSCCO. The number of thioether (sulfide) groups is 1. The van der Waals surface area contributed by atoms with Crippen LogP contribution in [0.15, 0.2) is 24.3 Å². The fourth-order valence-corrected chi connectivity index (χ4v) is 0.845. The third-order valence-electron chi connectivity index (χ3n) is 1.34. The number of hydrogen-bond donors (Lipinski definition) is 1. The van der Waals surface area contributed by atoms with E-state index in [-0.39, 0.29) is 5.82 Å². The molecule has 0 heterocycles. The summed E-state index contributed by atoms with van der Waals surface area (Å²) in [7, 11) is 1.55. The van der Waals surface area contributed by atoms with Gasteiger partial charge in [0.15, 0.2) is 0 Å². The molecule has 0 spiro atoms. The van der Waals surface area contributed by atoms with Crippen LogP contribution in [0.3, 0.4) is 0 Å². The van der Waals surface area contributed by atoms with Gasteiger partial charge in [-0.3, -0.25) is 0 Å². The van der Waals surface area contributed by atoms with Crippen molar-refractivity contribution >= 4 is 11.8 Å². The molecule has 2 nitrogen and oxygen atoms in total. The number of methoxy groups -OCH3 is 1. The van der Waals surface area contributed by atoms with Crippen molar-refractivity contribution in [3.63, 3.8) is 0 Å². The van der Waals surface area contributed by atoms with Crippen LogP contribution >= 0.6 is 11.8 Å². The lowest BCUT2D eigenvalue weighted by molar-refractivity contribution is 0.322. The lowest BCUT2D eigenvalue weighted by Gasteiger charge is -1.95. The predicted octanol–water partition coefficient (Wildman–Crippen LogP) is 2.18. The monoisotopic (exact) mass is 218 g/mol. The summed E-state index contributed by atoms with van der Waals surface area (Å²) in [5.74, 6) is 1.30. The Morgan fingerprint density at radius 2 is 1.93 bits per heavy atom. The Kier molecular flexibility index (Phi) is 8.37. The van der Waals surface area contributed by atoms with Crippen molar-refractivity contribution in [1.82, 2.24) is 0 Å². The number of ether oxygens (including phenoxy) is 1. The number of aliphatic hydroxyl groups excluding tert-OH is 1. The zero-order valence-electron chi connectivity index (χ0n) is 8.37. The molecular weight excluding hydrogens is 203 g/mol. The Morgan fingerprint density at radius 3 is 2.21 bits per heavy atom. The van der Waals surface area contributed by atoms with Crippen LogP contribution < -0.4 is 4.74 Å². The maximum atomic E-state index is 12.2. The summed E-state index contributed by atoms with van der Waals surface area (Å²) in [5, 5.41) is 8.05. The van der Waals surface area contributed by atoms with Gasteiger partial charge in [-0.15, -0.1) is 0 Å². The zero-order chi connectivity index (χ0) is 10.8. The van der Waals surface area contributed by atoms with Crippen molar-refractivity contribution in [3.05, 3.63) is 30.1 Å². The van der Waals surface area contributed by atoms with Crippen molar-refractivity contribution in [2.24, 2.45) is 0 Å². The first kappa shape index (κ1) is 13.3. The van der Waals surface area contributed by atoms with Gasteiger partial charge < -0.3 is 9.84 Å². The first-order valence-corrected chi connectivity index (χ1v) is 5.53. The highest BCUT2D eigenvalue weighted by molar-refractivity contribution is 7.98. The summed E-state index contributed by atoms with van der Waals surface area (Å²) in [6.45, 7) is 0.307. The third-order valence-corrected chi connectivity index (χ3v) is 1.94. The number of halogens is 1. The quantitative estimate of drug-likeness (QED) is 0.843. The van der Waals surface area contributed by atoms with Crippen LogP contribution in [0, 0.1) is 5.82 Å². The van der Waals surface area contributed by atoms with Gasteiger partial charge in [0.1, 0.15) is 11.6 Å². The minimum atomic E-state index is -0.240. The molecule has 0 aliphatic rings. The first-order chi connectivity index (χ1) is 6.74. The highest BCUT2D eigenvalue weighted by Crippen LogP contribution is 2.08. The molecule has 0 radical (unpaired) electrons. The molecule has 0 atom stereocenters. The van der Waals surface area contributed by atoms with Crippen LogP contribution in [-0.4, -0.2) is 30.8 Å². The van der Waals surface area contributed by atoms with E-state index < -0.39 is 0 Å². The van der Waals surface area contributed by atoms with E-state index in [2.05, 4.69) is 0 Å².